The van der Waals surface area contributed by atoms with Crippen molar-refractivity contribution in [1.82, 2.24) is 0 Å². The van der Waals surface area contributed by atoms with Crippen molar-refractivity contribution >= 4 is 55.8 Å². The molecule has 0 aromatic carbocycles. The van der Waals surface area contributed by atoms with Crippen molar-refractivity contribution in [2.24, 2.45) is 0 Å². The Labute approximate surface area is 127 Å². The van der Waals surface area contributed by atoms with Gasteiger partial charge < -0.3 is 14.2 Å². The minimum Gasteiger partial charge on any atom is -0.387 e. The van der Waals surface area contributed by atoms with Crippen LogP contribution in [0.25, 0.3) is 0 Å². The third-order valence-electron chi connectivity index (χ3n) is 1.75. The number of carbonyl (C=O) groups is 3. The number of thiol groups is 3. The average Bonchev–Trinajstić information content (AvgIpc) is 2.38. The van der Waals surface area contributed by atoms with E-state index in [0.29, 0.717) is 6.42 Å². The Morgan fingerprint density at radius 2 is 1.16 bits per heavy atom. The number of hydrogen-bond donors (Lipinski definition) is 3. The smallest absolute Gasteiger partial charge is 0.387 e. The Balaban J connectivity index is 5.12. The van der Waals surface area contributed by atoms with Gasteiger partial charge in [0.15, 0.2) is 0 Å². The molecule has 0 N–H and O–H groups in total. The lowest BCUT2D eigenvalue weighted by Gasteiger charge is -2.30. The molecule has 0 unspecified atom stereocenters. The molecule has 0 aliphatic heterocycles. The molecule has 0 aromatic rings. The fourth-order valence-electron chi connectivity index (χ4n) is 1.14. The predicted molar refractivity (Wildman–Crippen MR) is 77.5 cm³/mol. The second kappa shape index (κ2) is 9.38. The summed E-state index contributed by atoms with van der Waals surface area (Å²) in [6.45, 7) is 1.74. The maximum Gasteiger partial charge on any atom is 0.423 e. The predicted octanol–water partition coefficient (Wildman–Crippen LogP) is 0.859. The first-order valence-corrected chi connectivity index (χ1v) is 7.30. The van der Waals surface area contributed by atoms with Crippen LogP contribution in [-0.2, 0) is 28.6 Å². The number of esters is 3. The van der Waals surface area contributed by atoms with Crippen molar-refractivity contribution in [3.63, 3.8) is 0 Å². The van der Waals surface area contributed by atoms with E-state index in [-0.39, 0.29) is 23.7 Å². The largest absolute Gasteiger partial charge is 0.423 e. The van der Waals surface area contributed by atoms with Crippen LogP contribution in [0.4, 0.5) is 0 Å². The Kier molecular flexibility index (Phi) is 9.11. The second-order valence-corrected chi connectivity index (χ2v) is 4.28. The minimum atomic E-state index is -2.08. The molecule has 0 aromatic heterocycles. The topological polar surface area (TPSA) is 78.9 Å². The summed E-state index contributed by atoms with van der Waals surface area (Å²) < 4.78 is 14.7. The van der Waals surface area contributed by atoms with E-state index in [1.165, 1.54) is 0 Å². The molecule has 0 saturated carbocycles. The summed E-state index contributed by atoms with van der Waals surface area (Å²) in [5, 5.41) is 0. The molecule has 0 rings (SSSR count). The van der Waals surface area contributed by atoms with Gasteiger partial charge in [-0.25, -0.2) is 0 Å². The van der Waals surface area contributed by atoms with Gasteiger partial charge in [0.2, 0.25) is 0 Å². The third-order valence-corrected chi connectivity index (χ3v) is 2.53. The second-order valence-electron chi connectivity index (χ2n) is 3.33. The minimum absolute atomic E-state index is 0.00551. The number of rotatable bonds is 8. The summed E-state index contributed by atoms with van der Waals surface area (Å²) in [4.78, 5) is 34.0. The van der Waals surface area contributed by atoms with Crippen LogP contribution < -0.4 is 0 Å². The van der Waals surface area contributed by atoms with Gasteiger partial charge in [-0.1, -0.05) is 6.92 Å². The monoisotopic (exact) mass is 328 g/mol. The Morgan fingerprint density at radius 3 is 1.37 bits per heavy atom. The molecule has 0 radical (unpaired) electrons. The molecule has 6 nitrogen and oxygen atoms in total. The molecule has 0 saturated heterocycles. The standard InChI is InChI=1S/C10H16O6S3/c1-2-3-10(14-7(11)4-17,15-8(12)5-18)16-9(13)6-19/h17-19H,2-6H2,1H3. The van der Waals surface area contributed by atoms with Crippen molar-refractivity contribution in [3.8, 4) is 0 Å². The molecule has 0 spiro atoms. The lowest BCUT2D eigenvalue weighted by Crippen LogP contribution is -2.45. The fourth-order valence-corrected chi connectivity index (χ4v) is 1.33. The highest BCUT2D eigenvalue weighted by Gasteiger charge is 2.42. The fraction of sp³-hybridized carbons (Fsp3) is 0.700. The number of ether oxygens (including phenoxy) is 3. The van der Waals surface area contributed by atoms with Crippen LogP contribution in [0.1, 0.15) is 19.8 Å². The van der Waals surface area contributed by atoms with Gasteiger partial charge in [-0.3, -0.25) is 14.4 Å². The molecule has 0 atom stereocenters. The van der Waals surface area contributed by atoms with Crippen molar-refractivity contribution in [2.75, 3.05) is 17.3 Å². The van der Waals surface area contributed by atoms with E-state index in [1.807, 2.05) is 0 Å². The number of carbonyl (C=O) groups excluding carboxylic acids is 3. The highest BCUT2D eigenvalue weighted by molar-refractivity contribution is 7.81. The molecule has 110 valence electrons. The molecular weight excluding hydrogens is 312 g/mol. The van der Waals surface area contributed by atoms with Gasteiger partial charge in [-0.15, -0.1) is 0 Å². The highest BCUT2D eigenvalue weighted by atomic mass is 32.1. The summed E-state index contributed by atoms with van der Waals surface area (Å²) in [5.74, 6) is -5.16. The summed E-state index contributed by atoms with van der Waals surface area (Å²) in [6, 6.07) is 0. The molecule has 0 aliphatic rings. The molecule has 0 heterocycles. The molecule has 0 fully saturated rings. The van der Waals surface area contributed by atoms with Crippen LogP contribution in [0, 0.1) is 0 Å². The van der Waals surface area contributed by atoms with Gasteiger partial charge in [0, 0.05) is 0 Å². The van der Waals surface area contributed by atoms with Crippen LogP contribution in [-0.4, -0.2) is 41.1 Å². The zero-order chi connectivity index (χ0) is 14.9. The molecule has 19 heavy (non-hydrogen) atoms. The maximum absolute atomic E-state index is 11.3. The lowest BCUT2D eigenvalue weighted by molar-refractivity contribution is -0.329. The van der Waals surface area contributed by atoms with Gasteiger partial charge in [0.25, 0.3) is 0 Å². The molecule has 0 aliphatic carbocycles. The zero-order valence-corrected chi connectivity index (χ0v) is 13.0. The average molecular weight is 328 g/mol. The number of hydrogen-bond acceptors (Lipinski definition) is 9. The van der Waals surface area contributed by atoms with Crippen molar-refractivity contribution in [3.05, 3.63) is 0 Å². The van der Waals surface area contributed by atoms with Crippen LogP contribution in [0.15, 0.2) is 0 Å². The molecule has 9 heteroatoms. The lowest BCUT2D eigenvalue weighted by atomic mass is 10.3. The van der Waals surface area contributed by atoms with Crippen molar-refractivity contribution in [2.45, 2.75) is 25.7 Å². The normalized spacial score (nSPS) is 10.7. The third kappa shape index (κ3) is 6.98. The van der Waals surface area contributed by atoms with Crippen LogP contribution >= 0.6 is 37.9 Å². The SMILES string of the molecule is CCCC(OC(=O)CS)(OC(=O)CS)OC(=O)CS. The zero-order valence-electron chi connectivity index (χ0n) is 10.3. The summed E-state index contributed by atoms with van der Waals surface area (Å²) in [6.07, 6.45) is 0.450. The van der Waals surface area contributed by atoms with Gasteiger partial charge in [0.1, 0.15) is 0 Å². The van der Waals surface area contributed by atoms with Crippen LogP contribution in [0.5, 0.6) is 0 Å². The first-order valence-electron chi connectivity index (χ1n) is 5.41. The van der Waals surface area contributed by atoms with E-state index >= 15 is 0 Å². The van der Waals surface area contributed by atoms with E-state index < -0.39 is 23.9 Å². The summed E-state index contributed by atoms with van der Waals surface area (Å²) in [5.41, 5.74) is 0. The summed E-state index contributed by atoms with van der Waals surface area (Å²) in [7, 11) is 0. The Bertz CT molecular complexity index is 288. The van der Waals surface area contributed by atoms with E-state index in [9.17, 15) is 14.4 Å². The van der Waals surface area contributed by atoms with E-state index in [4.69, 9.17) is 14.2 Å². The Hall–Kier alpha value is -0.540. The van der Waals surface area contributed by atoms with Crippen molar-refractivity contribution in [1.29, 1.82) is 0 Å². The van der Waals surface area contributed by atoms with Gasteiger partial charge in [-0.05, 0) is 6.42 Å². The first-order chi connectivity index (χ1) is 8.92. The maximum atomic E-state index is 11.3. The van der Waals surface area contributed by atoms with Gasteiger partial charge in [0.05, 0.1) is 23.7 Å². The van der Waals surface area contributed by atoms with Crippen molar-refractivity contribution < 1.29 is 28.6 Å². The molecule has 0 amide bonds. The summed E-state index contributed by atoms with van der Waals surface area (Å²) >= 11 is 11.2. The molecular formula is C10H16O6S3. The molecule has 0 bridgehead atoms. The first kappa shape index (κ1) is 18.5. The van der Waals surface area contributed by atoms with Gasteiger partial charge >= 0.3 is 23.9 Å². The van der Waals surface area contributed by atoms with Crippen LogP contribution in [0.2, 0.25) is 0 Å². The van der Waals surface area contributed by atoms with E-state index in [2.05, 4.69) is 37.9 Å². The Morgan fingerprint density at radius 1 is 0.842 bits per heavy atom. The van der Waals surface area contributed by atoms with E-state index in [1.54, 1.807) is 6.92 Å². The van der Waals surface area contributed by atoms with E-state index in [0.717, 1.165) is 0 Å². The highest BCUT2D eigenvalue weighted by Crippen LogP contribution is 2.24. The van der Waals surface area contributed by atoms with Crippen LogP contribution in [0.3, 0.4) is 0 Å². The van der Waals surface area contributed by atoms with Gasteiger partial charge in [-0.2, -0.15) is 37.9 Å². The quantitative estimate of drug-likeness (QED) is 0.348.